The van der Waals surface area contributed by atoms with Crippen molar-refractivity contribution in [2.75, 3.05) is 30.3 Å². The molecule has 0 radical (unpaired) electrons. The number of benzene rings is 1. The Morgan fingerprint density at radius 2 is 1.71 bits per heavy atom. The molecule has 0 aliphatic rings. The maximum atomic E-state index is 12.7. The Labute approximate surface area is 172 Å². The summed E-state index contributed by atoms with van der Waals surface area (Å²) in [5.74, 6) is 0.223. The van der Waals surface area contributed by atoms with Crippen molar-refractivity contribution in [1.82, 2.24) is 9.29 Å². The molecular formula is C20H27N3O3S2. The van der Waals surface area contributed by atoms with Gasteiger partial charge in [-0.3, -0.25) is 4.79 Å². The van der Waals surface area contributed by atoms with Gasteiger partial charge < -0.3 is 4.90 Å². The quantitative estimate of drug-likeness (QED) is 0.579. The lowest BCUT2D eigenvalue weighted by molar-refractivity contribution is -0.116. The van der Waals surface area contributed by atoms with Gasteiger partial charge in [-0.25, -0.2) is 13.4 Å². The summed E-state index contributed by atoms with van der Waals surface area (Å²) in [5.41, 5.74) is 1.95. The average Bonchev–Trinajstić information content (AvgIpc) is 2.69. The van der Waals surface area contributed by atoms with E-state index in [0.717, 1.165) is 11.3 Å². The van der Waals surface area contributed by atoms with Crippen molar-refractivity contribution >= 4 is 33.4 Å². The molecule has 0 N–H and O–H groups in total. The summed E-state index contributed by atoms with van der Waals surface area (Å²) in [5, 5.41) is 0.618. The second-order valence-electron chi connectivity index (χ2n) is 6.13. The van der Waals surface area contributed by atoms with Crippen LogP contribution in [0.4, 0.5) is 5.69 Å². The summed E-state index contributed by atoms with van der Waals surface area (Å²) in [7, 11) is -3.52. The van der Waals surface area contributed by atoms with E-state index in [2.05, 4.69) is 4.98 Å². The minimum Gasteiger partial charge on any atom is -0.312 e. The smallest absolute Gasteiger partial charge is 0.244 e. The monoisotopic (exact) mass is 421 g/mol. The first-order valence-corrected chi connectivity index (χ1v) is 11.7. The third-order valence-electron chi connectivity index (χ3n) is 4.42. The Bertz CT molecular complexity index is 895. The summed E-state index contributed by atoms with van der Waals surface area (Å²) in [6.45, 7) is 8.94. The van der Waals surface area contributed by atoms with Crippen LogP contribution in [0.5, 0.6) is 0 Å². The molecule has 1 aromatic carbocycles. The van der Waals surface area contributed by atoms with E-state index in [1.165, 1.54) is 22.3 Å². The highest BCUT2D eigenvalue weighted by Gasteiger charge is 2.22. The lowest BCUT2D eigenvalue weighted by Gasteiger charge is -2.22. The van der Waals surface area contributed by atoms with Gasteiger partial charge in [-0.1, -0.05) is 43.8 Å². The van der Waals surface area contributed by atoms with Crippen LogP contribution < -0.4 is 4.90 Å². The van der Waals surface area contributed by atoms with Crippen molar-refractivity contribution < 1.29 is 13.2 Å². The van der Waals surface area contributed by atoms with Crippen LogP contribution in [0.25, 0.3) is 0 Å². The predicted octanol–water partition coefficient (Wildman–Crippen LogP) is 3.57. The average molecular weight is 422 g/mol. The number of thioether (sulfide) groups is 1. The maximum absolute atomic E-state index is 12.7. The van der Waals surface area contributed by atoms with Gasteiger partial charge in [0.05, 0.1) is 10.8 Å². The molecule has 28 heavy (non-hydrogen) atoms. The molecule has 6 nitrogen and oxygen atoms in total. The van der Waals surface area contributed by atoms with Crippen LogP contribution in [0.15, 0.2) is 52.5 Å². The lowest BCUT2D eigenvalue weighted by Crippen LogP contribution is -2.32. The Balaban J connectivity index is 2.07. The molecule has 2 aromatic rings. The molecule has 1 amide bonds. The van der Waals surface area contributed by atoms with E-state index >= 15 is 0 Å². The molecular weight excluding hydrogens is 394 g/mol. The molecule has 0 saturated heterocycles. The SMILES string of the molecule is CCN(C(=O)CSc1ccc(S(=O)(=O)N(CC)CC)cn1)c1ccccc1C. The number of hydrogen-bond donors (Lipinski definition) is 0. The molecule has 2 rings (SSSR count). The topological polar surface area (TPSA) is 70.6 Å². The molecule has 0 aliphatic heterocycles. The van der Waals surface area contributed by atoms with E-state index < -0.39 is 10.0 Å². The Morgan fingerprint density at radius 3 is 2.25 bits per heavy atom. The van der Waals surface area contributed by atoms with Gasteiger partial charge in [-0.2, -0.15) is 4.31 Å². The third-order valence-corrected chi connectivity index (χ3v) is 7.38. The number of sulfonamides is 1. The molecule has 0 fully saturated rings. The van der Waals surface area contributed by atoms with E-state index in [0.29, 0.717) is 24.7 Å². The van der Waals surface area contributed by atoms with Crippen LogP contribution in [0.1, 0.15) is 26.3 Å². The Morgan fingerprint density at radius 1 is 1.04 bits per heavy atom. The van der Waals surface area contributed by atoms with E-state index in [9.17, 15) is 13.2 Å². The van der Waals surface area contributed by atoms with Crippen LogP contribution >= 0.6 is 11.8 Å². The zero-order valence-electron chi connectivity index (χ0n) is 16.8. The van der Waals surface area contributed by atoms with E-state index in [1.807, 2.05) is 38.1 Å². The number of carbonyl (C=O) groups excluding carboxylic acids is 1. The Hall–Kier alpha value is -1.90. The minimum absolute atomic E-state index is 0.0107. The Kier molecular flexibility index (Phi) is 8.03. The fourth-order valence-corrected chi connectivity index (χ4v) is 5.00. The van der Waals surface area contributed by atoms with Crippen molar-refractivity contribution in [3.8, 4) is 0 Å². The fraction of sp³-hybridized carbons (Fsp3) is 0.400. The number of nitrogens with zero attached hydrogens (tertiary/aromatic N) is 3. The highest BCUT2D eigenvalue weighted by Crippen LogP contribution is 2.23. The van der Waals surface area contributed by atoms with Crippen LogP contribution in [0.3, 0.4) is 0 Å². The van der Waals surface area contributed by atoms with E-state index in [4.69, 9.17) is 0 Å². The van der Waals surface area contributed by atoms with Crippen molar-refractivity contribution in [1.29, 1.82) is 0 Å². The molecule has 1 heterocycles. The highest BCUT2D eigenvalue weighted by atomic mass is 32.2. The molecule has 152 valence electrons. The fourth-order valence-electron chi connectivity index (χ4n) is 2.88. The molecule has 0 unspecified atom stereocenters. The number of carbonyl (C=O) groups is 1. The molecule has 1 aromatic heterocycles. The molecule has 0 saturated carbocycles. The number of anilines is 1. The third kappa shape index (κ3) is 5.12. The molecule has 8 heteroatoms. The minimum atomic E-state index is -3.52. The first-order valence-electron chi connectivity index (χ1n) is 9.30. The van der Waals surface area contributed by atoms with Gasteiger partial charge >= 0.3 is 0 Å². The zero-order chi connectivity index (χ0) is 20.7. The largest absolute Gasteiger partial charge is 0.312 e. The number of rotatable bonds is 9. The number of amides is 1. The van der Waals surface area contributed by atoms with Crippen LogP contribution in [-0.2, 0) is 14.8 Å². The van der Waals surface area contributed by atoms with Gasteiger partial charge in [0.25, 0.3) is 0 Å². The van der Waals surface area contributed by atoms with E-state index in [1.54, 1.807) is 30.9 Å². The molecule has 0 bridgehead atoms. The van der Waals surface area contributed by atoms with E-state index in [-0.39, 0.29) is 16.6 Å². The first kappa shape index (κ1) is 22.4. The normalized spacial score (nSPS) is 11.6. The van der Waals surface area contributed by atoms with Gasteiger partial charge in [0, 0.05) is 31.5 Å². The molecule has 0 spiro atoms. The van der Waals surface area contributed by atoms with Gasteiger partial charge in [0.1, 0.15) is 4.90 Å². The number of hydrogen-bond acceptors (Lipinski definition) is 5. The number of aromatic nitrogens is 1. The summed E-state index contributed by atoms with van der Waals surface area (Å²) >= 11 is 1.30. The maximum Gasteiger partial charge on any atom is 0.244 e. The number of aryl methyl sites for hydroxylation is 1. The second kappa shape index (κ2) is 10.0. The second-order valence-corrected chi connectivity index (χ2v) is 9.07. The molecule has 0 atom stereocenters. The van der Waals surface area contributed by atoms with Crippen LogP contribution in [-0.4, -0.2) is 49.0 Å². The number of pyridine rings is 1. The van der Waals surface area contributed by atoms with Crippen molar-refractivity contribution in [3.63, 3.8) is 0 Å². The summed E-state index contributed by atoms with van der Waals surface area (Å²) < 4.78 is 26.4. The van der Waals surface area contributed by atoms with Crippen LogP contribution in [0, 0.1) is 6.92 Å². The highest BCUT2D eigenvalue weighted by molar-refractivity contribution is 7.99. The summed E-state index contributed by atoms with van der Waals surface area (Å²) in [6, 6.07) is 11.0. The summed E-state index contributed by atoms with van der Waals surface area (Å²) in [4.78, 5) is 18.8. The van der Waals surface area contributed by atoms with Crippen LogP contribution in [0.2, 0.25) is 0 Å². The van der Waals surface area contributed by atoms with Gasteiger partial charge in [0.2, 0.25) is 15.9 Å². The summed E-state index contributed by atoms with van der Waals surface area (Å²) in [6.07, 6.45) is 1.36. The van der Waals surface area contributed by atoms with Gasteiger partial charge in [0.15, 0.2) is 0 Å². The number of para-hydroxylation sites is 1. The van der Waals surface area contributed by atoms with Crippen molar-refractivity contribution in [2.24, 2.45) is 0 Å². The van der Waals surface area contributed by atoms with Gasteiger partial charge in [-0.15, -0.1) is 0 Å². The lowest BCUT2D eigenvalue weighted by atomic mass is 10.2. The van der Waals surface area contributed by atoms with Crippen molar-refractivity contribution in [3.05, 3.63) is 48.2 Å². The van der Waals surface area contributed by atoms with Crippen molar-refractivity contribution in [2.45, 2.75) is 37.6 Å². The molecule has 0 aliphatic carbocycles. The van der Waals surface area contributed by atoms with Gasteiger partial charge in [-0.05, 0) is 37.6 Å². The standard InChI is InChI=1S/C20H27N3O3S2/c1-5-22(6-2)28(25,26)17-12-13-19(21-14-17)27-15-20(24)23(7-3)18-11-9-8-10-16(18)4/h8-14H,5-7,15H2,1-4H3. The first-order chi connectivity index (χ1) is 13.3. The predicted molar refractivity (Wildman–Crippen MR) is 114 cm³/mol. The zero-order valence-corrected chi connectivity index (χ0v) is 18.4.